The van der Waals surface area contributed by atoms with Crippen LogP contribution in [0.25, 0.3) is 0 Å². The zero-order valence-corrected chi connectivity index (χ0v) is 13.4. The Morgan fingerprint density at radius 2 is 2.05 bits per heavy atom. The first-order chi connectivity index (χ1) is 10.1. The first-order valence-electron chi connectivity index (χ1n) is 7.65. The van der Waals surface area contributed by atoms with Crippen LogP contribution in [0.3, 0.4) is 0 Å². The smallest absolute Gasteiger partial charge is 0.240 e. The minimum Gasteiger partial charge on any atom is -0.369 e. The highest BCUT2D eigenvalue weighted by Gasteiger charge is 2.24. The van der Waals surface area contributed by atoms with Crippen LogP contribution in [0.1, 0.15) is 32.6 Å². The monoisotopic (exact) mass is 311 g/mol. The number of nitrogens with two attached hydrogens (primary N) is 1. The maximum atomic E-state index is 11.9. The third-order valence-electron chi connectivity index (χ3n) is 3.93. The van der Waals surface area contributed by atoms with Crippen LogP contribution < -0.4 is 15.4 Å². The Bertz CT molecular complexity index is 543. The van der Waals surface area contributed by atoms with Crippen LogP contribution in [0.15, 0.2) is 29.2 Å². The van der Waals surface area contributed by atoms with Crippen molar-refractivity contribution in [2.24, 2.45) is 5.73 Å². The Hall–Kier alpha value is -1.11. The van der Waals surface area contributed by atoms with E-state index in [9.17, 15) is 8.42 Å². The summed E-state index contributed by atoms with van der Waals surface area (Å²) in [4.78, 5) is 2.70. The van der Waals surface area contributed by atoms with Crippen LogP contribution in [-0.4, -0.2) is 34.1 Å². The van der Waals surface area contributed by atoms with E-state index in [4.69, 9.17) is 5.73 Å². The van der Waals surface area contributed by atoms with Crippen molar-refractivity contribution in [2.75, 3.05) is 24.5 Å². The number of nitrogens with one attached hydrogen (secondary N) is 1. The molecule has 0 aromatic heterocycles. The molecule has 21 heavy (non-hydrogen) atoms. The predicted octanol–water partition coefficient (Wildman–Crippen LogP) is 1.69. The number of anilines is 1. The van der Waals surface area contributed by atoms with E-state index in [-0.39, 0.29) is 0 Å². The maximum absolute atomic E-state index is 11.9. The maximum Gasteiger partial charge on any atom is 0.240 e. The number of hydrogen-bond acceptors (Lipinski definition) is 4. The molecular formula is C15H25N3O2S. The van der Waals surface area contributed by atoms with Crippen molar-refractivity contribution in [3.63, 3.8) is 0 Å². The second-order valence-corrected chi connectivity index (χ2v) is 7.18. The van der Waals surface area contributed by atoms with Gasteiger partial charge in [0.05, 0.1) is 4.90 Å². The van der Waals surface area contributed by atoms with Crippen LogP contribution in [0, 0.1) is 0 Å². The largest absolute Gasteiger partial charge is 0.369 e. The highest BCUT2D eigenvalue weighted by atomic mass is 32.2. The van der Waals surface area contributed by atoms with Crippen LogP contribution >= 0.6 is 0 Å². The lowest BCUT2D eigenvalue weighted by Gasteiger charge is -2.27. The molecule has 3 N–H and O–H groups in total. The molecule has 0 saturated carbocycles. The van der Waals surface area contributed by atoms with Crippen molar-refractivity contribution in [1.82, 2.24) is 4.72 Å². The molecule has 5 nitrogen and oxygen atoms in total. The van der Waals surface area contributed by atoms with E-state index in [1.54, 1.807) is 19.1 Å². The fourth-order valence-electron chi connectivity index (χ4n) is 2.92. The van der Waals surface area contributed by atoms with Crippen molar-refractivity contribution in [3.8, 4) is 0 Å². The normalized spacial score (nSPS) is 19.1. The lowest BCUT2D eigenvalue weighted by Crippen LogP contribution is -2.29. The van der Waals surface area contributed by atoms with Crippen molar-refractivity contribution in [2.45, 2.75) is 43.5 Å². The molecule has 1 aromatic rings. The van der Waals surface area contributed by atoms with Crippen LogP contribution in [0.5, 0.6) is 0 Å². The number of rotatable bonds is 7. The molecule has 1 atom stereocenters. The van der Waals surface area contributed by atoms with Crippen LogP contribution in [0.2, 0.25) is 0 Å². The zero-order chi connectivity index (χ0) is 15.3. The van der Waals surface area contributed by atoms with Gasteiger partial charge in [0.15, 0.2) is 0 Å². The summed E-state index contributed by atoms with van der Waals surface area (Å²) in [6, 6.07) is 7.72. The van der Waals surface area contributed by atoms with E-state index in [2.05, 4.69) is 9.62 Å². The summed E-state index contributed by atoms with van der Waals surface area (Å²) in [5, 5.41) is 0. The molecule has 1 saturated heterocycles. The van der Waals surface area contributed by atoms with E-state index < -0.39 is 10.0 Å². The molecule has 0 amide bonds. The number of hydrogen-bond donors (Lipinski definition) is 2. The van der Waals surface area contributed by atoms with Gasteiger partial charge in [0.2, 0.25) is 10.0 Å². The number of sulfonamides is 1. The summed E-state index contributed by atoms with van der Waals surface area (Å²) in [6.07, 6.45) is 4.52. The topological polar surface area (TPSA) is 75.4 Å². The minimum atomic E-state index is -3.36. The average molecular weight is 311 g/mol. The van der Waals surface area contributed by atoms with Gasteiger partial charge in [0.25, 0.3) is 0 Å². The Morgan fingerprint density at radius 3 is 2.67 bits per heavy atom. The van der Waals surface area contributed by atoms with Gasteiger partial charge >= 0.3 is 0 Å². The fourth-order valence-corrected chi connectivity index (χ4v) is 3.96. The van der Waals surface area contributed by atoms with Gasteiger partial charge in [-0.3, -0.25) is 0 Å². The molecule has 0 spiro atoms. The van der Waals surface area contributed by atoms with Gasteiger partial charge in [0.1, 0.15) is 0 Å². The van der Waals surface area contributed by atoms with E-state index in [1.807, 2.05) is 12.1 Å². The number of benzene rings is 1. The lowest BCUT2D eigenvalue weighted by atomic mass is 10.1. The molecule has 118 valence electrons. The molecular weight excluding hydrogens is 286 g/mol. The minimum absolute atomic E-state index is 0.325. The van der Waals surface area contributed by atoms with E-state index in [0.29, 0.717) is 17.5 Å². The summed E-state index contributed by atoms with van der Waals surface area (Å²) >= 11 is 0. The first kappa shape index (κ1) is 16.3. The van der Waals surface area contributed by atoms with Crippen molar-refractivity contribution in [1.29, 1.82) is 0 Å². The first-order valence-corrected chi connectivity index (χ1v) is 9.13. The van der Waals surface area contributed by atoms with Crippen molar-refractivity contribution in [3.05, 3.63) is 24.3 Å². The third-order valence-corrected chi connectivity index (χ3v) is 5.49. The standard InChI is InChI=1S/C15H25N3O2S/c1-2-17-21(19,20)15-9-7-14(8-10-15)18-12-4-6-13(18)5-3-11-16/h7-10,13,17H,2-6,11-12,16H2,1H3. The molecule has 1 aliphatic heterocycles. The second-order valence-electron chi connectivity index (χ2n) is 5.42. The Morgan fingerprint density at radius 1 is 1.33 bits per heavy atom. The van der Waals surface area contributed by atoms with Gasteiger partial charge in [-0.15, -0.1) is 0 Å². The Kier molecular flexibility index (Phi) is 5.61. The molecule has 0 bridgehead atoms. The molecule has 2 rings (SSSR count). The molecule has 6 heteroatoms. The van der Waals surface area contributed by atoms with Gasteiger partial charge in [-0.25, -0.2) is 13.1 Å². The molecule has 0 aliphatic carbocycles. The summed E-state index contributed by atoms with van der Waals surface area (Å²) in [5.74, 6) is 0. The predicted molar refractivity (Wildman–Crippen MR) is 86.0 cm³/mol. The van der Waals surface area contributed by atoms with E-state index in [1.165, 1.54) is 12.8 Å². The lowest BCUT2D eigenvalue weighted by molar-refractivity contribution is 0.582. The highest BCUT2D eigenvalue weighted by molar-refractivity contribution is 7.89. The molecule has 1 heterocycles. The highest BCUT2D eigenvalue weighted by Crippen LogP contribution is 2.28. The van der Waals surface area contributed by atoms with Crippen molar-refractivity contribution < 1.29 is 8.42 Å². The van der Waals surface area contributed by atoms with Crippen LogP contribution in [-0.2, 0) is 10.0 Å². The molecule has 1 fully saturated rings. The fraction of sp³-hybridized carbons (Fsp3) is 0.600. The summed E-state index contributed by atoms with van der Waals surface area (Å²) in [6.45, 7) is 3.94. The van der Waals surface area contributed by atoms with Gasteiger partial charge in [-0.1, -0.05) is 6.92 Å². The van der Waals surface area contributed by atoms with E-state index in [0.717, 1.165) is 31.6 Å². The van der Waals surface area contributed by atoms with Crippen LogP contribution in [0.4, 0.5) is 5.69 Å². The summed E-state index contributed by atoms with van der Waals surface area (Å²) < 4.78 is 26.4. The second kappa shape index (κ2) is 7.24. The third kappa shape index (κ3) is 3.96. The van der Waals surface area contributed by atoms with Gasteiger partial charge in [-0.2, -0.15) is 0 Å². The Balaban J connectivity index is 2.11. The summed E-state index contributed by atoms with van der Waals surface area (Å²) in [7, 11) is -3.36. The molecule has 1 aliphatic rings. The van der Waals surface area contributed by atoms with E-state index >= 15 is 0 Å². The van der Waals surface area contributed by atoms with Gasteiger partial charge < -0.3 is 10.6 Å². The zero-order valence-electron chi connectivity index (χ0n) is 12.6. The number of nitrogens with zero attached hydrogens (tertiary/aromatic N) is 1. The molecule has 0 radical (unpaired) electrons. The molecule has 1 unspecified atom stereocenters. The van der Waals surface area contributed by atoms with Crippen molar-refractivity contribution >= 4 is 15.7 Å². The Labute approximate surface area is 127 Å². The molecule has 1 aromatic carbocycles. The van der Waals surface area contributed by atoms with Gasteiger partial charge in [0, 0.05) is 24.8 Å². The SMILES string of the molecule is CCNS(=O)(=O)c1ccc(N2CCCC2CCCN)cc1. The average Bonchev–Trinajstić information content (AvgIpc) is 2.93. The van der Waals surface area contributed by atoms with Gasteiger partial charge in [-0.05, 0) is 56.5 Å². The summed E-state index contributed by atoms with van der Waals surface area (Å²) in [5.41, 5.74) is 6.70. The quantitative estimate of drug-likeness (QED) is 0.803.